The van der Waals surface area contributed by atoms with Gasteiger partial charge in [-0.05, 0) is 40.9 Å². The minimum atomic E-state index is -0.442. The molecular formula is C10H9BrClFO. The largest absolute Gasteiger partial charge is 0.300 e. The van der Waals surface area contributed by atoms with E-state index in [4.69, 9.17) is 11.6 Å². The van der Waals surface area contributed by atoms with Crippen molar-refractivity contribution in [2.24, 2.45) is 0 Å². The third kappa shape index (κ3) is 2.79. The van der Waals surface area contributed by atoms with E-state index in [0.29, 0.717) is 22.9 Å². The molecular weight excluding hydrogens is 270 g/mol. The van der Waals surface area contributed by atoms with E-state index in [0.717, 1.165) is 0 Å². The molecule has 76 valence electrons. The van der Waals surface area contributed by atoms with Crippen LogP contribution >= 0.6 is 27.5 Å². The van der Waals surface area contributed by atoms with Crippen LogP contribution in [0, 0.1) is 5.82 Å². The van der Waals surface area contributed by atoms with Crippen LogP contribution in [-0.4, -0.2) is 5.78 Å². The van der Waals surface area contributed by atoms with Crippen molar-refractivity contribution in [2.75, 3.05) is 0 Å². The third-order valence-corrected chi connectivity index (χ3v) is 3.12. The summed E-state index contributed by atoms with van der Waals surface area (Å²) in [5.74, 6) is -0.397. The lowest BCUT2D eigenvalue weighted by Gasteiger charge is -2.04. The lowest BCUT2D eigenvalue weighted by molar-refractivity contribution is -0.116. The molecule has 0 heterocycles. The molecule has 0 aliphatic rings. The number of hydrogen-bond acceptors (Lipinski definition) is 1. The molecule has 0 fully saturated rings. The van der Waals surface area contributed by atoms with E-state index in [9.17, 15) is 9.18 Å². The van der Waals surface area contributed by atoms with Crippen molar-refractivity contribution in [3.63, 3.8) is 0 Å². The average Bonchev–Trinajstić information content (AvgIpc) is 2.13. The van der Waals surface area contributed by atoms with Gasteiger partial charge in [0.25, 0.3) is 0 Å². The summed E-state index contributed by atoms with van der Waals surface area (Å²) in [6.45, 7) is 1.48. The molecule has 0 aromatic heterocycles. The third-order valence-electron chi connectivity index (χ3n) is 1.86. The molecule has 0 N–H and O–H groups in total. The number of carbonyl (C=O) groups is 1. The van der Waals surface area contributed by atoms with E-state index < -0.39 is 5.82 Å². The maximum atomic E-state index is 13.4. The number of carbonyl (C=O) groups excluding carboxylic acids is 1. The topological polar surface area (TPSA) is 17.1 Å². The van der Waals surface area contributed by atoms with E-state index in [-0.39, 0.29) is 10.8 Å². The van der Waals surface area contributed by atoms with Crippen LogP contribution in [0.5, 0.6) is 0 Å². The van der Waals surface area contributed by atoms with Gasteiger partial charge in [0, 0.05) is 10.9 Å². The average molecular weight is 280 g/mol. The van der Waals surface area contributed by atoms with Crippen molar-refractivity contribution < 1.29 is 9.18 Å². The summed E-state index contributed by atoms with van der Waals surface area (Å²) in [6.07, 6.45) is 0.739. The molecule has 1 nitrogen and oxygen atoms in total. The Labute approximate surface area is 95.4 Å². The molecule has 0 saturated heterocycles. The first-order valence-electron chi connectivity index (χ1n) is 4.14. The van der Waals surface area contributed by atoms with Gasteiger partial charge in [-0.25, -0.2) is 4.39 Å². The highest BCUT2D eigenvalue weighted by molar-refractivity contribution is 9.10. The number of rotatable bonds is 3. The first-order chi connectivity index (χ1) is 6.52. The minimum Gasteiger partial charge on any atom is -0.300 e. The van der Waals surface area contributed by atoms with Crippen LogP contribution in [0.25, 0.3) is 0 Å². The number of halogens is 3. The molecule has 0 aliphatic heterocycles. The van der Waals surface area contributed by atoms with Gasteiger partial charge in [-0.2, -0.15) is 0 Å². The Balaban J connectivity index is 2.88. The van der Waals surface area contributed by atoms with Gasteiger partial charge >= 0.3 is 0 Å². The quantitative estimate of drug-likeness (QED) is 0.770. The Bertz CT molecular complexity index is 365. The van der Waals surface area contributed by atoms with Crippen LogP contribution in [0.4, 0.5) is 4.39 Å². The van der Waals surface area contributed by atoms with E-state index in [1.165, 1.54) is 6.92 Å². The number of aryl methyl sites for hydroxylation is 1. The second-order valence-electron chi connectivity index (χ2n) is 3.04. The molecule has 0 spiro atoms. The van der Waals surface area contributed by atoms with Gasteiger partial charge in [-0.15, -0.1) is 0 Å². The molecule has 4 heteroatoms. The summed E-state index contributed by atoms with van der Waals surface area (Å²) in [6, 6.07) is 3.31. The fourth-order valence-electron chi connectivity index (χ4n) is 1.07. The molecule has 14 heavy (non-hydrogen) atoms. The van der Waals surface area contributed by atoms with Crippen molar-refractivity contribution in [3.05, 3.63) is 33.0 Å². The standard InChI is InChI=1S/C10H9BrClFO/c1-6(14)2-3-7-4-5-8(11)9(12)10(7)13/h4-5H,2-3H2,1H3. The zero-order valence-corrected chi connectivity index (χ0v) is 9.95. The van der Waals surface area contributed by atoms with Crippen LogP contribution < -0.4 is 0 Å². The lowest BCUT2D eigenvalue weighted by atomic mass is 10.1. The number of ketones is 1. The summed E-state index contributed by atoms with van der Waals surface area (Å²) in [5, 5.41) is 0.0750. The van der Waals surface area contributed by atoms with E-state index in [1.54, 1.807) is 12.1 Å². The van der Waals surface area contributed by atoms with Crippen molar-refractivity contribution >= 4 is 33.3 Å². The Morgan fingerprint density at radius 2 is 2.21 bits per heavy atom. The Morgan fingerprint density at radius 1 is 1.57 bits per heavy atom. The summed E-state index contributed by atoms with van der Waals surface area (Å²) in [5.41, 5.74) is 0.480. The van der Waals surface area contributed by atoms with Crippen LogP contribution in [0.3, 0.4) is 0 Å². The van der Waals surface area contributed by atoms with Gasteiger partial charge in [0.15, 0.2) is 0 Å². The molecule has 0 aliphatic carbocycles. The molecule has 0 amide bonds. The lowest BCUT2D eigenvalue weighted by Crippen LogP contribution is -1.97. The highest BCUT2D eigenvalue weighted by atomic mass is 79.9. The fraction of sp³-hybridized carbons (Fsp3) is 0.300. The molecule has 1 rings (SSSR count). The number of Topliss-reactive ketones (excluding diaryl/α,β-unsaturated/α-hetero) is 1. The molecule has 0 bridgehead atoms. The zero-order valence-electron chi connectivity index (χ0n) is 7.61. The van der Waals surface area contributed by atoms with Crippen molar-refractivity contribution in [3.8, 4) is 0 Å². The minimum absolute atomic E-state index is 0.0449. The highest BCUT2D eigenvalue weighted by Crippen LogP contribution is 2.28. The van der Waals surface area contributed by atoms with E-state index in [1.807, 2.05) is 0 Å². The maximum Gasteiger partial charge on any atom is 0.146 e. The molecule has 0 unspecified atom stereocenters. The summed E-state index contributed by atoms with van der Waals surface area (Å²) in [4.78, 5) is 10.7. The van der Waals surface area contributed by atoms with E-state index in [2.05, 4.69) is 15.9 Å². The van der Waals surface area contributed by atoms with Gasteiger partial charge < -0.3 is 4.79 Å². The molecule has 0 atom stereocenters. The van der Waals surface area contributed by atoms with Crippen molar-refractivity contribution in [1.82, 2.24) is 0 Å². The van der Waals surface area contributed by atoms with E-state index >= 15 is 0 Å². The fourth-order valence-corrected chi connectivity index (χ4v) is 1.56. The second kappa shape index (κ2) is 4.89. The highest BCUT2D eigenvalue weighted by Gasteiger charge is 2.10. The molecule has 1 aromatic carbocycles. The maximum absolute atomic E-state index is 13.4. The predicted molar refractivity (Wildman–Crippen MR) is 58.1 cm³/mol. The van der Waals surface area contributed by atoms with Crippen LogP contribution in [0.1, 0.15) is 18.9 Å². The van der Waals surface area contributed by atoms with Gasteiger partial charge in [-0.1, -0.05) is 17.7 Å². The first kappa shape index (κ1) is 11.7. The zero-order chi connectivity index (χ0) is 10.7. The predicted octanol–water partition coefficient (Wildman–Crippen LogP) is 3.76. The summed E-state index contributed by atoms with van der Waals surface area (Å²) >= 11 is 8.81. The van der Waals surface area contributed by atoms with Gasteiger partial charge in [0.1, 0.15) is 11.6 Å². The molecule has 0 saturated carbocycles. The Hall–Kier alpha value is -0.410. The number of hydrogen-bond donors (Lipinski definition) is 0. The van der Waals surface area contributed by atoms with Crippen molar-refractivity contribution in [1.29, 1.82) is 0 Å². The van der Waals surface area contributed by atoms with Crippen LogP contribution in [-0.2, 0) is 11.2 Å². The van der Waals surface area contributed by atoms with Crippen LogP contribution in [0.2, 0.25) is 5.02 Å². The second-order valence-corrected chi connectivity index (χ2v) is 4.27. The SMILES string of the molecule is CC(=O)CCc1ccc(Br)c(Cl)c1F. The van der Waals surface area contributed by atoms with Gasteiger partial charge in [0.2, 0.25) is 0 Å². The van der Waals surface area contributed by atoms with Gasteiger partial charge in [0.05, 0.1) is 5.02 Å². The Kier molecular flexibility index (Phi) is 4.08. The normalized spacial score (nSPS) is 10.3. The van der Waals surface area contributed by atoms with Gasteiger partial charge in [-0.3, -0.25) is 0 Å². The Morgan fingerprint density at radius 3 is 2.79 bits per heavy atom. The molecule has 1 aromatic rings. The summed E-state index contributed by atoms with van der Waals surface area (Å²) in [7, 11) is 0. The summed E-state index contributed by atoms with van der Waals surface area (Å²) < 4.78 is 14.0. The first-order valence-corrected chi connectivity index (χ1v) is 5.31. The monoisotopic (exact) mass is 278 g/mol. The van der Waals surface area contributed by atoms with Crippen molar-refractivity contribution in [2.45, 2.75) is 19.8 Å². The molecule has 0 radical (unpaired) electrons. The number of benzene rings is 1. The smallest absolute Gasteiger partial charge is 0.146 e. The van der Waals surface area contributed by atoms with Crippen LogP contribution in [0.15, 0.2) is 16.6 Å².